The lowest BCUT2D eigenvalue weighted by molar-refractivity contribution is 0.0525. The highest BCUT2D eigenvalue weighted by Gasteiger charge is 2.15. The summed E-state index contributed by atoms with van der Waals surface area (Å²) in [5.41, 5.74) is 9.35. The van der Waals surface area contributed by atoms with Crippen molar-refractivity contribution >= 4 is 11.7 Å². The van der Waals surface area contributed by atoms with Crippen molar-refractivity contribution in [2.75, 3.05) is 18.9 Å². The lowest BCUT2D eigenvalue weighted by Gasteiger charge is -2.18. The number of nitrogens with two attached hydrogens (primary N) is 1. The van der Waals surface area contributed by atoms with Crippen molar-refractivity contribution in [3.8, 4) is 6.07 Å². The first-order chi connectivity index (χ1) is 16.8. The third-order valence-electron chi connectivity index (χ3n) is 5.79. The van der Waals surface area contributed by atoms with Crippen molar-refractivity contribution in [1.82, 2.24) is 5.32 Å². The lowest BCUT2D eigenvalue weighted by Crippen LogP contribution is -2.32. The molecule has 6 nitrogen and oxygen atoms in total. The Labute approximate surface area is 205 Å². The molecule has 3 aromatic carbocycles. The summed E-state index contributed by atoms with van der Waals surface area (Å²) >= 11 is 0. The van der Waals surface area contributed by atoms with E-state index in [0.717, 1.165) is 29.2 Å². The van der Waals surface area contributed by atoms with Crippen LogP contribution in [0.1, 0.15) is 58.1 Å². The largest absolute Gasteiger partial charge is 0.462 e. The Bertz CT molecular complexity index is 1210. The van der Waals surface area contributed by atoms with Crippen LogP contribution >= 0.6 is 0 Å². The van der Waals surface area contributed by atoms with E-state index in [1.807, 2.05) is 55.5 Å². The molecule has 7 heteroatoms. The topological polar surface area (TPSA) is 108 Å². The highest BCUT2D eigenvalue weighted by molar-refractivity contribution is 5.91. The number of nitrogen functional groups attached to an aromatic ring is 1. The van der Waals surface area contributed by atoms with E-state index in [9.17, 15) is 14.3 Å². The molecular weight excluding hydrogens is 445 g/mol. The number of ether oxygens (including phenoxy) is 1. The van der Waals surface area contributed by atoms with Crippen molar-refractivity contribution in [2.24, 2.45) is 0 Å². The Kier molecular flexibility index (Phi) is 8.96. The molecule has 0 saturated carbocycles. The van der Waals surface area contributed by atoms with E-state index in [1.54, 1.807) is 13.0 Å². The van der Waals surface area contributed by atoms with E-state index in [1.165, 1.54) is 6.07 Å². The van der Waals surface area contributed by atoms with Gasteiger partial charge in [-0.2, -0.15) is 5.26 Å². The summed E-state index contributed by atoms with van der Waals surface area (Å²) in [5, 5.41) is 22.8. The number of nitrogens with one attached hydrogen (secondary N) is 1. The normalized spacial score (nSPS) is 12.5. The van der Waals surface area contributed by atoms with Crippen LogP contribution < -0.4 is 11.1 Å². The predicted octanol–water partition coefficient (Wildman–Crippen LogP) is 4.30. The third-order valence-corrected chi connectivity index (χ3v) is 5.79. The summed E-state index contributed by atoms with van der Waals surface area (Å²) in [6.45, 7) is 4.33. The van der Waals surface area contributed by atoms with Crippen LogP contribution in [0.3, 0.4) is 0 Å². The van der Waals surface area contributed by atoms with Crippen LogP contribution in [0.2, 0.25) is 0 Å². The Hall–Kier alpha value is -3.73. The summed E-state index contributed by atoms with van der Waals surface area (Å²) in [6.07, 6.45) is 0.380. The van der Waals surface area contributed by atoms with E-state index in [0.29, 0.717) is 24.2 Å². The molecule has 0 amide bonds. The Morgan fingerprint density at radius 2 is 1.86 bits per heavy atom. The zero-order chi connectivity index (χ0) is 25.4. The summed E-state index contributed by atoms with van der Waals surface area (Å²) in [6, 6.07) is 20.1. The molecule has 0 aromatic heterocycles. The molecule has 0 spiro atoms. The number of carbonyl (C=O) groups is 1. The number of esters is 1. The predicted molar refractivity (Wildman–Crippen MR) is 133 cm³/mol. The van der Waals surface area contributed by atoms with Gasteiger partial charge < -0.3 is 20.9 Å². The maximum atomic E-state index is 13.9. The average Bonchev–Trinajstić information content (AvgIpc) is 2.85. The average molecular weight is 476 g/mol. The highest BCUT2D eigenvalue weighted by Crippen LogP contribution is 2.22. The molecule has 35 heavy (non-hydrogen) atoms. The number of hydrogen-bond donors (Lipinski definition) is 3. The fraction of sp³-hybridized carbons (Fsp3) is 0.286. The van der Waals surface area contributed by atoms with Crippen LogP contribution in [0, 0.1) is 17.1 Å². The molecule has 0 heterocycles. The van der Waals surface area contributed by atoms with Gasteiger partial charge in [0.2, 0.25) is 0 Å². The van der Waals surface area contributed by atoms with Gasteiger partial charge in [0.05, 0.1) is 29.5 Å². The molecule has 0 fully saturated rings. The van der Waals surface area contributed by atoms with Gasteiger partial charge in [0.25, 0.3) is 0 Å². The zero-order valence-electron chi connectivity index (χ0n) is 19.9. The molecule has 0 aliphatic heterocycles. The minimum atomic E-state index is -0.971. The van der Waals surface area contributed by atoms with Gasteiger partial charge in [-0.3, -0.25) is 0 Å². The van der Waals surface area contributed by atoms with E-state index in [-0.39, 0.29) is 29.8 Å². The minimum Gasteiger partial charge on any atom is -0.462 e. The molecule has 0 bridgehead atoms. The van der Waals surface area contributed by atoms with Crippen LogP contribution in [-0.4, -0.2) is 30.3 Å². The number of aliphatic hydroxyl groups excluding tert-OH is 1. The first kappa shape index (κ1) is 25.9. The molecule has 0 saturated heterocycles. The molecule has 2 atom stereocenters. The monoisotopic (exact) mass is 475 g/mol. The number of carbonyl (C=O) groups excluding carboxylic acids is 1. The SMILES string of the molecule is CCOC(=O)c1ccccc1Cc1ccc(CC(C)NCC(O)c2cc(F)c(N)c(C#N)c2)cc1. The second-order valence-corrected chi connectivity index (χ2v) is 8.48. The van der Waals surface area contributed by atoms with Crippen molar-refractivity contribution in [3.05, 3.63) is 99.9 Å². The van der Waals surface area contributed by atoms with Gasteiger partial charge in [0, 0.05) is 12.6 Å². The highest BCUT2D eigenvalue weighted by atomic mass is 19.1. The maximum Gasteiger partial charge on any atom is 0.338 e. The van der Waals surface area contributed by atoms with Gasteiger partial charge in [0.15, 0.2) is 0 Å². The zero-order valence-corrected chi connectivity index (χ0v) is 19.9. The number of halogens is 1. The van der Waals surface area contributed by atoms with Crippen LogP contribution in [-0.2, 0) is 17.6 Å². The Morgan fingerprint density at radius 3 is 2.54 bits per heavy atom. The number of nitriles is 1. The number of hydrogen-bond acceptors (Lipinski definition) is 6. The van der Waals surface area contributed by atoms with Gasteiger partial charge in [-0.15, -0.1) is 0 Å². The number of anilines is 1. The van der Waals surface area contributed by atoms with E-state index in [2.05, 4.69) is 5.32 Å². The van der Waals surface area contributed by atoms with Gasteiger partial charge in [-0.05, 0) is 67.1 Å². The standard InChI is InChI=1S/C28H30FN3O3/c1-3-35-28(34)24-7-5-4-6-21(24)13-20-10-8-19(9-11-20)12-18(2)32-17-26(33)22-14-23(16-30)27(31)25(29)15-22/h4-11,14-15,18,26,32-33H,3,12-13,17,31H2,1-2H3. The second kappa shape index (κ2) is 12.1. The molecular formula is C28H30FN3O3. The summed E-state index contributed by atoms with van der Waals surface area (Å²) in [4.78, 5) is 12.2. The molecule has 182 valence electrons. The quantitative estimate of drug-likeness (QED) is 0.298. The molecule has 2 unspecified atom stereocenters. The molecule has 0 aliphatic carbocycles. The van der Waals surface area contributed by atoms with Crippen LogP contribution in [0.5, 0.6) is 0 Å². The Balaban J connectivity index is 1.56. The van der Waals surface area contributed by atoms with Gasteiger partial charge >= 0.3 is 5.97 Å². The van der Waals surface area contributed by atoms with Crippen molar-refractivity contribution < 1.29 is 19.0 Å². The smallest absolute Gasteiger partial charge is 0.338 e. The van der Waals surface area contributed by atoms with E-state index in [4.69, 9.17) is 15.7 Å². The molecule has 0 aliphatic rings. The third kappa shape index (κ3) is 6.89. The second-order valence-electron chi connectivity index (χ2n) is 8.48. The summed E-state index contributed by atoms with van der Waals surface area (Å²) in [7, 11) is 0. The summed E-state index contributed by atoms with van der Waals surface area (Å²) < 4.78 is 19.1. The lowest BCUT2D eigenvalue weighted by atomic mass is 9.98. The molecule has 3 rings (SSSR count). The van der Waals surface area contributed by atoms with Crippen LogP contribution in [0.15, 0.2) is 60.7 Å². The number of rotatable bonds is 10. The molecule has 0 radical (unpaired) electrons. The number of aliphatic hydroxyl groups is 1. The molecule has 3 aromatic rings. The first-order valence-electron chi connectivity index (χ1n) is 11.6. The first-order valence-corrected chi connectivity index (χ1v) is 11.6. The van der Waals surface area contributed by atoms with E-state index >= 15 is 0 Å². The van der Waals surface area contributed by atoms with Crippen molar-refractivity contribution in [3.63, 3.8) is 0 Å². The van der Waals surface area contributed by atoms with Crippen LogP contribution in [0.4, 0.5) is 10.1 Å². The van der Waals surface area contributed by atoms with Gasteiger partial charge in [-0.25, -0.2) is 9.18 Å². The van der Waals surface area contributed by atoms with Gasteiger partial charge in [0.1, 0.15) is 11.9 Å². The van der Waals surface area contributed by atoms with Crippen molar-refractivity contribution in [1.29, 1.82) is 5.26 Å². The fourth-order valence-corrected chi connectivity index (χ4v) is 3.88. The maximum absolute atomic E-state index is 13.9. The van der Waals surface area contributed by atoms with Crippen molar-refractivity contribution in [2.45, 2.75) is 38.8 Å². The van der Waals surface area contributed by atoms with E-state index < -0.39 is 11.9 Å². The summed E-state index contributed by atoms with van der Waals surface area (Å²) in [5.74, 6) is -1.02. The Morgan fingerprint density at radius 1 is 1.17 bits per heavy atom. The number of nitrogens with zero attached hydrogens (tertiary/aromatic N) is 1. The van der Waals surface area contributed by atoms with Crippen LogP contribution in [0.25, 0.3) is 0 Å². The number of benzene rings is 3. The van der Waals surface area contributed by atoms with Gasteiger partial charge in [-0.1, -0.05) is 42.5 Å². The fourth-order valence-electron chi connectivity index (χ4n) is 3.88. The minimum absolute atomic E-state index is 0.0112. The molecule has 4 N–H and O–H groups in total.